The number of ether oxygens (including phenoxy) is 1. The van der Waals surface area contributed by atoms with Crippen LogP contribution < -0.4 is 0 Å². The van der Waals surface area contributed by atoms with Crippen molar-refractivity contribution >= 4 is 35.0 Å². The fourth-order valence-electron chi connectivity index (χ4n) is 2.62. The molecule has 0 saturated carbocycles. The van der Waals surface area contributed by atoms with E-state index >= 15 is 0 Å². The summed E-state index contributed by atoms with van der Waals surface area (Å²) in [4.78, 5) is 36.6. The van der Waals surface area contributed by atoms with Gasteiger partial charge in [-0.25, -0.2) is 0 Å². The highest BCUT2D eigenvalue weighted by molar-refractivity contribution is 8.18. The lowest BCUT2D eigenvalue weighted by Gasteiger charge is -2.10. The molecule has 152 valence electrons. The first-order chi connectivity index (χ1) is 13.7. The van der Waals surface area contributed by atoms with E-state index < -0.39 is 35.4 Å². The van der Waals surface area contributed by atoms with Crippen molar-refractivity contribution in [1.29, 1.82) is 0 Å². The molecule has 1 aliphatic heterocycles. The van der Waals surface area contributed by atoms with Crippen LogP contribution in [0.5, 0.6) is 0 Å². The summed E-state index contributed by atoms with van der Waals surface area (Å²) in [7, 11) is 0. The molecule has 10 heteroatoms. The Labute approximate surface area is 167 Å². The third kappa shape index (κ3) is 4.53. The lowest BCUT2D eigenvalue weighted by molar-refractivity contribution is -0.146. The van der Waals surface area contributed by atoms with Crippen LogP contribution in [0.3, 0.4) is 0 Å². The van der Waals surface area contributed by atoms with Gasteiger partial charge in [-0.1, -0.05) is 18.2 Å². The Hall–Kier alpha value is -3.01. The molecule has 1 aliphatic rings. The third-order valence-corrected chi connectivity index (χ3v) is 4.77. The SMILES string of the molecule is CCOC(=O)CN1C(=O)S/C(=C/c2ccc(-c3ccccc3C(F)(F)F)o2)C1=O. The zero-order valence-electron chi connectivity index (χ0n) is 15.0. The van der Waals surface area contributed by atoms with Crippen molar-refractivity contribution in [3.8, 4) is 11.3 Å². The summed E-state index contributed by atoms with van der Waals surface area (Å²) in [6.45, 7) is 1.19. The van der Waals surface area contributed by atoms with E-state index in [1.54, 1.807) is 6.92 Å². The molecular formula is C19H14F3NO5S. The summed E-state index contributed by atoms with van der Waals surface area (Å²) in [5, 5.41) is -0.650. The number of furan rings is 1. The van der Waals surface area contributed by atoms with Crippen molar-refractivity contribution in [1.82, 2.24) is 4.90 Å². The van der Waals surface area contributed by atoms with Crippen LogP contribution in [-0.2, 0) is 20.5 Å². The van der Waals surface area contributed by atoms with Gasteiger partial charge in [-0.15, -0.1) is 0 Å². The van der Waals surface area contributed by atoms with Gasteiger partial charge in [0.25, 0.3) is 11.1 Å². The van der Waals surface area contributed by atoms with Gasteiger partial charge >= 0.3 is 12.1 Å². The molecule has 0 bridgehead atoms. The number of carbonyl (C=O) groups excluding carboxylic acids is 3. The van der Waals surface area contributed by atoms with Gasteiger partial charge < -0.3 is 9.15 Å². The van der Waals surface area contributed by atoms with Crippen LogP contribution in [0.25, 0.3) is 17.4 Å². The number of imide groups is 1. The molecule has 0 radical (unpaired) electrons. The van der Waals surface area contributed by atoms with Gasteiger partial charge in [-0.2, -0.15) is 13.2 Å². The van der Waals surface area contributed by atoms with Crippen molar-refractivity contribution in [3.63, 3.8) is 0 Å². The van der Waals surface area contributed by atoms with E-state index in [0.29, 0.717) is 11.8 Å². The molecule has 0 unspecified atom stereocenters. The minimum Gasteiger partial charge on any atom is -0.465 e. The Bertz CT molecular complexity index is 996. The van der Waals surface area contributed by atoms with Crippen LogP contribution in [0.2, 0.25) is 0 Å². The average molecular weight is 425 g/mol. The molecule has 1 fully saturated rings. The fraction of sp³-hybridized carbons (Fsp3) is 0.211. The van der Waals surface area contributed by atoms with Gasteiger partial charge in [-0.05, 0) is 36.9 Å². The molecule has 1 aromatic carbocycles. The average Bonchev–Trinajstić information content (AvgIpc) is 3.22. The first kappa shape index (κ1) is 20.7. The number of halogens is 3. The number of nitrogens with zero attached hydrogens (tertiary/aromatic N) is 1. The largest absolute Gasteiger partial charge is 0.465 e. The summed E-state index contributed by atoms with van der Waals surface area (Å²) in [5.41, 5.74) is -0.995. The Morgan fingerprint density at radius 1 is 1.21 bits per heavy atom. The van der Waals surface area contributed by atoms with Gasteiger partial charge in [-0.3, -0.25) is 19.3 Å². The minimum atomic E-state index is -4.56. The van der Waals surface area contributed by atoms with Crippen molar-refractivity contribution in [2.75, 3.05) is 13.2 Å². The quantitative estimate of drug-likeness (QED) is 0.516. The van der Waals surface area contributed by atoms with E-state index in [0.717, 1.165) is 11.0 Å². The number of rotatable bonds is 5. The number of alkyl halides is 3. The van der Waals surface area contributed by atoms with E-state index in [1.165, 1.54) is 36.4 Å². The van der Waals surface area contributed by atoms with Crippen LogP contribution >= 0.6 is 11.8 Å². The molecular weight excluding hydrogens is 411 g/mol. The highest BCUT2D eigenvalue weighted by atomic mass is 32.2. The van der Waals surface area contributed by atoms with Crippen molar-refractivity contribution < 1.29 is 36.7 Å². The van der Waals surface area contributed by atoms with Crippen molar-refractivity contribution in [2.24, 2.45) is 0 Å². The second-order valence-corrected chi connectivity index (χ2v) is 6.81. The second-order valence-electron chi connectivity index (χ2n) is 5.82. The van der Waals surface area contributed by atoms with Crippen LogP contribution in [0, 0.1) is 0 Å². The number of amides is 2. The van der Waals surface area contributed by atoms with Gasteiger partial charge in [0.2, 0.25) is 0 Å². The lowest BCUT2D eigenvalue weighted by atomic mass is 10.1. The third-order valence-electron chi connectivity index (χ3n) is 3.86. The topological polar surface area (TPSA) is 76.8 Å². The Morgan fingerprint density at radius 2 is 1.93 bits per heavy atom. The number of hydrogen-bond donors (Lipinski definition) is 0. The maximum Gasteiger partial charge on any atom is 0.417 e. The van der Waals surface area contributed by atoms with E-state index in [-0.39, 0.29) is 28.6 Å². The van der Waals surface area contributed by atoms with Crippen molar-refractivity contribution in [2.45, 2.75) is 13.1 Å². The summed E-state index contributed by atoms with van der Waals surface area (Å²) in [6, 6.07) is 7.68. The van der Waals surface area contributed by atoms with Crippen molar-refractivity contribution in [3.05, 3.63) is 52.6 Å². The number of benzene rings is 1. The van der Waals surface area contributed by atoms with Gasteiger partial charge in [0, 0.05) is 11.6 Å². The lowest BCUT2D eigenvalue weighted by Crippen LogP contribution is -2.34. The van der Waals surface area contributed by atoms with Crippen LogP contribution in [-0.4, -0.2) is 35.2 Å². The molecule has 29 heavy (non-hydrogen) atoms. The summed E-state index contributed by atoms with van der Waals surface area (Å²) >= 11 is 0.600. The molecule has 0 spiro atoms. The Kier molecular flexibility index (Phi) is 5.83. The maximum absolute atomic E-state index is 13.2. The van der Waals surface area contributed by atoms with E-state index in [2.05, 4.69) is 0 Å². The monoisotopic (exact) mass is 425 g/mol. The molecule has 1 saturated heterocycles. The molecule has 0 aliphatic carbocycles. The first-order valence-corrected chi connectivity index (χ1v) is 9.19. The molecule has 0 atom stereocenters. The van der Waals surface area contributed by atoms with Gasteiger partial charge in [0.05, 0.1) is 17.1 Å². The first-order valence-electron chi connectivity index (χ1n) is 8.38. The second kappa shape index (κ2) is 8.16. The van der Waals surface area contributed by atoms with Crippen LogP contribution in [0.4, 0.5) is 18.0 Å². The summed E-state index contributed by atoms with van der Waals surface area (Å²) < 4.78 is 49.7. The molecule has 2 aromatic rings. The van der Waals surface area contributed by atoms with Gasteiger partial charge in [0.15, 0.2) is 0 Å². The molecule has 0 N–H and O–H groups in total. The highest BCUT2D eigenvalue weighted by Gasteiger charge is 2.37. The maximum atomic E-state index is 13.2. The van der Waals surface area contributed by atoms with Crippen LogP contribution in [0.15, 0.2) is 45.7 Å². The molecule has 6 nitrogen and oxygen atoms in total. The molecule has 1 aromatic heterocycles. The fourth-order valence-corrected chi connectivity index (χ4v) is 3.44. The van der Waals surface area contributed by atoms with Gasteiger partial charge in [0.1, 0.15) is 18.1 Å². The Balaban J connectivity index is 1.84. The number of thioether (sulfide) groups is 1. The van der Waals surface area contributed by atoms with Crippen LogP contribution in [0.1, 0.15) is 18.2 Å². The number of hydrogen-bond acceptors (Lipinski definition) is 6. The van der Waals surface area contributed by atoms with E-state index in [1.807, 2.05) is 0 Å². The predicted octanol–water partition coefficient (Wildman–Crippen LogP) is 4.56. The predicted molar refractivity (Wildman–Crippen MR) is 98.5 cm³/mol. The number of carbonyl (C=O) groups is 3. The smallest absolute Gasteiger partial charge is 0.417 e. The standard InChI is InChI=1S/C19H14F3NO5S/c1-2-27-16(24)10-23-17(25)15(29-18(23)26)9-11-7-8-14(28-11)12-5-3-4-6-13(12)19(20,21)22/h3-9H,2,10H2,1H3/b15-9+. The molecule has 3 rings (SSSR count). The molecule has 2 amide bonds. The normalized spacial score (nSPS) is 16.0. The zero-order valence-corrected chi connectivity index (χ0v) is 15.8. The van der Waals surface area contributed by atoms with E-state index in [9.17, 15) is 27.6 Å². The zero-order chi connectivity index (χ0) is 21.2. The highest BCUT2D eigenvalue weighted by Crippen LogP contribution is 2.38. The summed E-state index contributed by atoms with van der Waals surface area (Å²) in [5.74, 6) is -1.37. The summed E-state index contributed by atoms with van der Waals surface area (Å²) in [6.07, 6.45) is -3.31. The van der Waals surface area contributed by atoms with E-state index in [4.69, 9.17) is 9.15 Å². The molecule has 2 heterocycles. The number of esters is 1. The Morgan fingerprint density at radius 3 is 2.62 bits per heavy atom. The minimum absolute atomic E-state index is 0.00990.